The van der Waals surface area contributed by atoms with Crippen molar-refractivity contribution in [1.29, 1.82) is 0 Å². The van der Waals surface area contributed by atoms with Gasteiger partial charge in [-0.15, -0.1) is 10.2 Å². The Bertz CT molecular complexity index is 1010. The highest BCUT2D eigenvalue weighted by Gasteiger charge is 2.31. The third kappa shape index (κ3) is 3.54. The van der Waals surface area contributed by atoms with Crippen molar-refractivity contribution in [3.63, 3.8) is 0 Å². The lowest BCUT2D eigenvalue weighted by Gasteiger charge is -2.13. The van der Waals surface area contributed by atoms with Crippen molar-refractivity contribution in [1.82, 2.24) is 29.5 Å². The summed E-state index contributed by atoms with van der Waals surface area (Å²) in [6, 6.07) is 4.27. The van der Waals surface area contributed by atoms with Gasteiger partial charge in [0.1, 0.15) is 0 Å². The maximum atomic E-state index is 12.8. The summed E-state index contributed by atoms with van der Waals surface area (Å²) in [6.07, 6.45) is 5.74. The van der Waals surface area contributed by atoms with Gasteiger partial charge in [-0.3, -0.25) is 19.0 Å². The number of rotatable bonds is 6. The Kier molecular flexibility index (Phi) is 4.92. The van der Waals surface area contributed by atoms with Crippen LogP contribution in [0, 0.1) is 13.8 Å². The Morgan fingerprint density at radius 3 is 2.71 bits per heavy atom. The molecule has 1 saturated carbocycles. The fourth-order valence-electron chi connectivity index (χ4n) is 3.10. The lowest BCUT2D eigenvalue weighted by atomic mass is 10.3. The number of thioether (sulfide) groups is 1. The first-order chi connectivity index (χ1) is 13.5. The number of pyridine rings is 1. The number of carbonyl (C=O) groups is 1. The molecule has 1 amide bonds. The van der Waals surface area contributed by atoms with Crippen LogP contribution in [0.1, 0.15) is 37.2 Å². The number of amides is 1. The largest absolute Gasteiger partial charge is 0.322 e. The molecule has 1 atom stereocenters. The molecule has 0 unspecified atom stereocenters. The van der Waals surface area contributed by atoms with E-state index in [1.165, 1.54) is 11.8 Å². The molecule has 0 spiro atoms. The summed E-state index contributed by atoms with van der Waals surface area (Å²) in [5.41, 5.74) is 3.46. The molecule has 28 heavy (non-hydrogen) atoms. The minimum atomic E-state index is -0.317. The number of aryl methyl sites for hydroxylation is 2. The lowest BCUT2D eigenvalue weighted by molar-refractivity contribution is -0.115. The molecule has 0 saturated heterocycles. The summed E-state index contributed by atoms with van der Waals surface area (Å²) >= 11 is 1.43. The lowest BCUT2D eigenvalue weighted by Crippen LogP contribution is -2.23. The third-order valence-corrected chi connectivity index (χ3v) is 5.96. The van der Waals surface area contributed by atoms with Crippen molar-refractivity contribution in [2.45, 2.75) is 50.1 Å². The van der Waals surface area contributed by atoms with Crippen LogP contribution in [0.2, 0.25) is 0 Å². The van der Waals surface area contributed by atoms with Gasteiger partial charge in [0.2, 0.25) is 5.91 Å². The summed E-state index contributed by atoms with van der Waals surface area (Å²) in [7, 11) is 1.87. The zero-order chi connectivity index (χ0) is 19.8. The number of nitrogens with zero attached hydrogens (tertiary/aromatic N) is 6. The van der Waals surface area contributed by atoms with E-state index in [1.54, 1.807) is 17.1 Å². The zero-order valence-electron chi connectivity index (χ0n) is 16.4. The fraction of sp³-hybridized carbons (Fsp3) is 0.421. The summed E-state index contributed by atoms with van der Waals surface area (Å²) in [6.45, 7) is 5.72. The standard InChI is InChI=1S/C19H23N7OS/c1-11-16(12(2)25(4)24-11)21-18(27)13(3)28-19-23-22-17(26(19)15-7-8-15)14-6-5-9-20-10-14/h5-6,9-10,13,15H,7-8H2,1-4H3,(H,21,27)/t13-/m0/s1. The van der Waals surface area contributed by atoms with Gasteiger partial charge in [-0.05, 0) is 45.7 Å². The number of hydrogen-bond donors (Lipinski definition) is 1. The predicted octanol–water partition coefficient (Wildman–Crippen LogP) is 3.14. The molecule has 1 fully saturated rings. The van der Waals surface area contributed by atoms with Gasteiger partial charge >= 0.3 is 0 Å². The SMILES string of the molecule is Cc1nn(C)c(C)c1NC(=O)[C@H](C)Sc1nnc(-c2cccnc2)n1C1CC1. The van der Waals surface area contributed by atoms with Crippen LogP contribution in [0.15, 0.2) is 29.7 Å². The van der Waals surface area contributed by atoms with Crippen LogP contribution in [0.5, 0.6) is 0 Å². The number of anilines is 1. The van der Waals surface area contributed by atoms with Gasteiger partial charge in [-0.2, -0.15) is 5.10 Å². The molecule has 1 N–H and O–H groups in total. The van der Waals surface area contributed by atoms with E-state index >= 15 is 0 Å². The Morgan fingerprint density at radius 2 is 2.11 bits per heavy atom. The first kappa shape index (κ1) is 18.7. The van der Waals surface area contributed by atoms with E-state index in [1.807, 2.05) is 40.0 Å². The summed E-state index contributed by atoms with van der Waals surface area (Å²) in [4.78, 5) is 17.0. The van der Waals surface area contributed by atoms with Gasteiger partial charge in [0.25, 0.3) is 0 Å². The monoisotopic (exact) mass is 397 g/mol. The third-order valence-electron chi connectivity index (χ3n) is 4.90. The van der Waals surface area contributed by atoms with Gasteiger partial charge in [0.15, 0.2) is 11.0 Å². The Balaban J connectivity index is 1.54. The van der Waals surface area contributed by atoms with E-state index in [2.05, 4.69) is 30.2 Å². The number of carbonyl (C=O) groups excluding carboxylic acids is 1. The highest BCUT2D eigenvalue weighted by atomic mass is 32.2. The predicted molar refractivity (Wildman–Crippen MR) is 108 cm³/mol. The highest BCUT2D eigenvalue weighted by Crippen LogP contribution is 2.41. The van der Waals surface area contributed by atoms with Crippen molar-refractivity contribution >= 4 is 23.4 Å². The maximum Gasteiger partial charge on any atom is 0.237 e. The average molecular weight is 398 g/mol. The second-order valence-electron chi connectivity index (χ2n) is 7.07. The van der Waals surface area contributed by atoms with Crippen molar-refractivity contribution in [2.75, 3.05) is 5.32 Å². The summed E-state index contributed by atoms with van der Waals surface area (Å²) in [5.74, 6) is 0.738. The second kappa shape index (κ2) is 7.38. The quantitative estimate of drug-likeness (QED) is 0.643. The topological polar surface area (TPSA) is 90.5 Å². The van der Waals surface area contributed by atoms with Gasteiger partial charge in [0.05, 0.1) is 22.3 Å². The van der Waals surface area contributed by atoms with Gasteiger partial charge < -0.3 is 5.32 Å². The zero-order valence-corrected chi connectivity index (χ0v) is 17.2. The molecule has 3 aromatic heterocycles. The summed E-state index contributed by atoms with van der Waals surface area (Å²) < 4.78 is 3.92. The normalized spacial score (nSPS) is 14.9. The smallest absolute Gasteiger partial charge is 0.237 e. The minimum Gasteiger partial charge on any atom is -0.322 e. The Morgan fingerprint density at radius 1 is 1.32 bits per heavy atom. The van der Waals surface area contributed by atoms with Crippen molar-refractivity contribution in [3.8, 4) is 11.4 Å². The van der Waals surface area contributed by atoms with E-state index in [0.717, 1.165) is 46.5 Å². The molecule has 1 aliphatic rings. The summed E-state index contributed by atoms with van der Waals surface area (Å²) in [5, 5.41) is 16.6. The minimum absolute atomic E-state index is 0.0718. The molecule has 1 aliphatic carbocycles. The molecule has 0 aromatic carbocycles. The van der Waals surface area contributed by atoms with Crippen molar-refractivity contribution < 1.29 is 4.79 Å². The van der Waals surface area contributed by atoms with Crippen LogP contribution in [0.4, 0.5) is 5.69 Å². The van der Waals surface area contributed by atoms with E-state index in [-0.39, 0.29) is 11.2 Å². The highest BCUT2D eigenvalue weighted by molar-refractivity contribution is 8.00. The molecule has 0 bridgehead atoms. The Hall–Kier alpha value is -2.68. The van der Waals surface area contributed by atoms with E-state index in [9.17, 15) is 4.79 Å². The van der Waals surface area contributed by atoms with Crippen LogP contribution in [-0.2, 0) is 11.8 Å². The molecule has 3 heterocycles. The van der Waals surface area contributed by atoms with E-state index in [4.69, 9.17) is 0 Å². The molecule has 146 valence electrons. The molecule has 0 radical (unpaired) electrons. The average Bonchev–Trinajstić information content (AvgIpc) is 3.40. The molecule has 3 aromatic rings. The first-order valence-corrected chi connectivity index (χ1v) is 10.2. The van der Waals surface area contributed by atoms with Crippen molar-refractivity contribution in [3.05, 3.63) is 35.9 Å². The Labute approximate surface area is 167 Å². The number of hydrogen-bond acceptors (Lipinski definition) is 6. The number of nitrogens with one attached hydrogen (secondary N) is 1. The van der Waals surface area contributed by atoms with Crippen molar-refractivity contribution in [2.24, 2.45) is 7.05 Å². The maximum absolute atomic E-state index is 12.8. The first-order valence-electron chi connectivity index (χ1n) is 9.28. The molecular weight excluding hydrogens is 374 g/mol. The van der Waals surface area contributed by atoms with Gasteiger partial charge in [-0.1, -0.05) is 11.8 Å². The molecular formula is C19H23N7OS. The van der Waals surface area contributed by atoms with Crippen LogP contribution in [-0.4, -0.2) is 40.7 Å². The second-order valence-corrected chi connectivity index (χ2v) is 8.38. The molecule has 8 nitrogen and oxygen atoms in total. The molecule has 0 aliphatic heterocycles. The van der Waals surface area contributed by atoms with Crippen LogP contribution in [0.25, 0.3) is 11.4 Å². The van der Waals surface area contributed by atoms with Gasteiger partial charge in [-0.25, -0.2) is 0 Å². The molecule has 4 rings (SSSR count). The van der Waals surface area contributed by atoms with Crippen LogP contribution >= 0.6 is 11.8 Å². The van der Waals surface area contributed by atoms with Gasteiger partial charge in [0, 0.05) is 31.0 Å². The molecule has 9 heteroatoms. The number of aromatic nitrogens is 6. The van der Waals surface area contributed by atoms with Crippen LogP contribution in [0.3, 0.4) is 0 Å². The van der Waals surface area contributed by atoms with E-state index < -0.39 is 0 Å². The van der Waals surface area contributed by atoms with E-state index in [0.29, 0.717) is 6.04 Å². The fourth-order valence-corrected chi connectivity index (χ4v) is 4.02. The van der Waals surface area contributed by atoms with Crippen LogP contribution < -0.4 is 5.32 Å².